The van der Waals surface area contributed by atoms with Gasteiger partial charge in [-0.25, -0.2) is 4.39 Å². The smallest absolute Gasteiger partial charge is 0.224 e. The second kappa shape index (κ2) is 6.15. The summed E-state index contributed by atoms with van der Waals surface area (Å²) in [6, 6.07) is 6.16. The molecule has 0 bridgehead atoms. The van der Waals surface area contributed by atoms with E-state index in [0.29, 0.717) is 18.7 Å². The zero-order valence-electron chi connectivity index (χ0n) is 11.1. The van der Waals surface area contributed by atoms with E-state index in [1.54, 1.807) is 12.1 Å². The van der Waals surface area contributed by atoms with Crippen molar-refractivity contribution in [3.05, 3.63) is 35.6 Å². The van der Waals surface area contributed by atoms with Gasteiger partial charge in [0.1, 0.15) is 5.82 Å². The predicted octanol–water partition coefficient (Wildman–Crippen LogP) is 2.00. The molecule has 1 aromatic carbocycles. The summed E-state index contributed by atoms with van der Waals surface area (Å²) >= 11 is 0. The van der Waals surface area contributed by atoms with Crippen LogP contribution in [0.1, 0.15) is 31.2 Å². The molecule has 3 N–H and O–H groups in total. The topological polar surface area (TPSA) is 55.1 Å². The lowest BCUT2D eigenvalue weighted by Crippen LogP contribution is -2.41. The molecule has 1 fully saturated rings. The first kappa shape index (κ1) is 14.0. The van der Waals surface area contributed by atoms with Crippen molar-refractivity contribution in [2.75, 3.05) is 13.1 Å². The first-order chi connectivity index (χ1) is 9.13. The molecule has 0 saturated heterocycles. The molecule has 0 atom stereocenters. The van der Waals surface area contributed by atoms with Crippen molar-refractivity contribution >= 4 is 5.91 Å². The standard InChI is InChI=1S/C15H21FN2O/c16-13-5-3-4-12(8-13)9-14(19)18-11-15(10-17)6-1-2-7-15/h3-5,8H,1-2,6-7,9-11,17H2,(H,18,19). The molecule has 4 heteroatoms. The molecular weight excluding hydrogens is 243 g/mol. The van der Waals surface area contributed by atoms with Crippen molar-refractivity contribution in [3.63, 3.8) is 0 Å². The molecule has 0 aliphatic heterocycles. The second-order valence-electron chi connectivity index (χ2n) is 5.49. The third-order valence-corrected chi connectivity index (χ3v) is 4.01. The van der Waals surface area contributed by atoms with Gasteiger partial charge in [-0.3, -0.25) is 4.79 Å². The lowest BCUT2D eigenvalue weighted by molar-refractivity contribution is -0.120. The minimum absolute atomic E-state index is 0.0645. The van der Waals surface area contributed by atoms with Gasteiger partial charge in [0.25, 0.3) is 0 Å². The second-order valence-corrected chi connectivity index (χ2v) is 5.49. The summed E-state index contributed by atoms with van der Waals surface area (Å²) in [5.41, 5.74) is 6.61. The molecule has 104 valence electrons. The zero-order chi connectivity index (χ0) is 13.7. The predicted molar refractivity (Wildman–Crippen MR) is 73.1 cm³/mol. The maximum Gasteiger partial charge on any atom is 0.224 e. The van der Waals surface area contributed by atoms with E-state index in [1.807, 2.05) is 0 Å². The molecule has 1 aliphatic rings. The van der Waals surface area contributed by atoms with E-state index >= 15 is 0 Å². The van der Waals surface area contributed by atoms with Crippen LogP contribution in [0, 0.1) is 11.2 Å². The van der Waals surface area contributed by atoms with Gasteiger partial charge in [-0.2, -0.15) is 0 Å². The molecule has 1 amide bonds. The number of hydrogen-bond donors (Lipinski definition) is 2. The van der Waals surface area contributed by atoms with Crippen LogP contribution in [-0.2, 0) is 11.2 Å². The van der Waals surface area contributed by atoms with Crippen LogP contribution < -0.4 is 11.1 Å². The van der Waals surface area contributed by atoms with Gasteiger partial charge >= 0.3 is 0 Å². The van der Waals surface area contributed by atoms with Crippen LogP contribution in [0.25, 0.3) is 0 Å². The molecule has 1 saturated carbocycles. The number of nitrogens with one attached hydrogen (secondary N) is 1. The van der Waals surface area contributed by atoms with Gasteiger partial charge in [0, 0.05) is 6.54 Å². The monoisotopic (exact) mass is 264 g/mol. The van der Waals surface area contributed by atoms with Gasteiger partial charge in [-0.1, -0.05) is 25.0 Å². The minimum Gasteiger partial charge on any atom is -0.355 e. The third kappa shape index (κ3) is 3.77. The first-order valence-corrected chi connectivity index (χ1v) is 6.85. The zero-order valence-corrected chi connectivity index (χ0v) is 11.1. The summed E-state index contributed by atoms with van der Waals surface area (Å²) in [7, 11) is 0. The van der Waals surface area contributed by atoms with E-state index in [-0.39, 0.29) is 23.6 Å². The van der Waals surface area contributed by atoms with E-state index in [9.17, 15) is 9.18 Å². The van der Waals surface area contributed by atoms with Crippen LogP contribution in [0.15, 0.2) is 24.3 Å². The summed E-state index contributed by atoms with van der Waals surface area (Å²) < 4.78 is 13.0. The quantitative estimate of drug-likeness (QED) is 0.854. The molecule has 1 aromatic rings. The van der Waals surface area contributed by atoms with Crippen LogP contribution in [0.3, 0.4) is 0 Å². The highest BCUT2D eigenvalue weighted by molar-refractivity contribution is 5.78. The number of carbonyl (C=O) groups is 1. The molecule has 2 rings (SSSR count). The Hall–Kier alpha value is -1.42. The molecule has 3 nitrogen and oxygen atoms in total. The van der Waals surface area contributed by atoms with Gasteiger partial charge in [0.05, 0.1) is 6.42 Å². The van der Waals surface area contributed by atoms with Crippen LogP contribution >= 0.6 is 0 Å². The number of rotatable bonds is 5. The molecule has 0 heterocycles. The average Bonchev–Trinajstić information content (AvgIpc) is 2.86. The van der Waals surface area contributed by atoms with Crippen molar-refractivity contribution in [3.8, 4) is 0 Å². The maximum absolute atomic E-state index is 13.0. The Balaban J connectivity index is 1.84. The first-order valence-electron chi connectivity index (χ1n) is 6.85. The van der Waals surface area contributed by atoms with Gasteiger partial charge in [0.15, 0.2) is 0 Å². The van der Waals surface area contributed by atoms with Crippen molar-refractivity contribution in [2.45, 2.75) is 32.1 Å². The molecule has 19 heavy (non-hydrogen) atoms. The number of nitrogens with two attached hydrogens (primary N) is 1. The molecule has 0 radical (unpaired) electrons. The van der Waals surface area contributed by atoms with Crippen LogP contribution in [0.5, 0.6) is 0 Å². The van der Waals surface area contributed by atoms with Gasteiger partial charge < -0.3 is 11.1 Å². The van der Waals surface area contributed by atoms with Crippen molar-refractivity contribution in [2.24, 2.45) is 11.1 Å². The average molecular weight is 264 g/mol. The molecule has 1 aliphatic carbocycles. The fourth-order valence-electron chi connectivity index (χ4n) is 2.76. The summed E-state index contributed by atoms with van der Waals surface area (Å²) in [6.07, 6.45) is 4.78. The van der Waals surface area contributed by atoms with Crippen LogP contribution in [-0.4, -0.2) is 19.0 Å². The lowest BCUT2D eigenvalue weighted by Gasteiger charge is -2.27. The highest BCUT2D eigenvalue weighted by Gasteiger charge is 2.32. The van der Waals surface area contributed by atoms with Gasteiger partial charge in [0.2, 0.25) is 5.91 Å². The van der Waals surface area contributed by atoms with Crippen molar-refractivity contribution in [1.29, 1.82) is 0 Å². The fourth-order valence-corrected chi connectivity index (χ4v) is 2.76. The summed E-state index contributed by atoms with van der Waals surface area (Å²) in [4.78, 5) is 11.9. The highest BCUT2D eigenvalue weighted by atomic mass is 19.1. The molecule has 0 unspecified atom stereocenters. The van der Waals surface area contributed by atoms with Crippen LogP contribution in [0.2, 0.25) is 0 Å². The third-order valence-electron chi connectivity index (χ3n) is 4.01. The molecule has 0 aromatic heterocycles. The van der Waals surface area contributed by atoms with Gasteiger partial charge in [-0.05, 0) is 42.5 Å². The Bertz CT molecular complexity index is 442. The summed E-state index contributed by atoms with van der Waals surface area (Å²) in [5.74, 6) is -0.371. The number of benzene rings is 1. The highest BCUT2D eigenvalue weighted by Crippen LogP contribution is 2.36. The SMILES string of the molecule is NCC1(CNC(=O)Cc2cccc(F)c2)CCCC1. The largest absolute Gasteiger partial charge is 0.355 e. The van der Waals surface area contributed by atoms with E-state index in [1.165, 1.54) is 25.0 Å². The fraction of sp³-hybridized carbons (Fsp3) is 0.533. The number of amides is 1. The van der Waals surface area contributed by atoms with Crippen LogP contribution in [0.4, 0.5) is 4.39 Å². The summed E-state index contributed by atoms with van der Waals surface area (Å²) in [5, 5.41) is 2.94. The molecule has 0 spiro atoms. The normalized spacial score (nSPS) is 17.4. The lowest BCUT2D eigenvalue weighted by atomic mass is 9.86. The van der Waals surface area contributed by atoms with Gasteiger partial charge in [-0.15, -0.1) is 0 Å². The van der Waals surface area contributed by atoms with E-state index in [0.717, 1.165) is 12.8 Å². The number of halogens is 1. The Kier molecular flexibility index (Phi) is 4.53. The Morgan fingerprint density at radius 3 is 2.74 bits per heavy atom. The van der Waals surface area contributed by atoms with Crippen molar-refractivity contribution in [1.82, 2.24) is 5.32 Å². The van der Waals surface area contributed by atoms with Crippen molar-refractivity contribution < 1.29 is 9.18 Å². The maximum atomic E-state index is 13.0. The number of hydrogen-bond acceptors (Lipinski definition) is 2. The Labute approximate surface area is 113 Å². The molecular formula is C15H21FN2O. The Morgan fingerprint density at radius 2 is 2.11 bits per heavy atom. The van der Waals surface area contributed by atoms with E-state index in [4.69, 9.17) is 5.73 Å². The number of carbonyl (C=O) groups excluding carboxylic acids is 1. The summed E-state index contributed by atoms with van der Waals surface area (Å²) in [6.45, 7) is 1.25. The van der Waals surface area contributed by atoms with E-state index in [2.05, 4.69) is 5.32 Å². The Morgan fingerprint density at radius 1 is 1.37 bits per heavy atom. The van der Waals surface area contributed by atoms with E-state index < -0.39 is 0 Å². The minimum atomic E-state index is -0.306.